The van der Waals surface area contributed by atoms with Crippen molar-refractivity contribution in [1.82, 2.24) is 15.8 Å². The highest BCUT2D eigenvalue weighted by Gasteiger charge is 2.37. The SMILES string of the molecule is O=C(CCOc1ccccc1)N1CCCC(C2NNCC2c2ccccc2)C1. The average Bonchev–Trinajstić information content (AvgIpc) is 3.25. The van der Waals surface area contributed by atoms with Gasteiger partial charge in [-0.3, -0.25) is 15.6 Å². The molecule has 2 fully saturated rings. The van der Waals surface area contributed by atoms with Crippen LogP contribution >= 0.6 is 0 Å². The highest BCUT2D eigenvalue weighted by atomic mass is 16.5. The van der Waals surface area contributed by atoms with Crippen molar-refractivity contribution >= 4 is 5.91 Å². The Morgan fingerprint density at radius 3 is 2.61 bits per heavy atom. The van der Waals surface area contributed by atoms with E-state index < -0.39 is 0 Å². The number of benzene rings is 2. The predicted molar refractivity (Wildman–Crippen MR) is 110 cm³/mol. The van der Waals surface area contributed by atoms with E-state index in [0.29, 0.717) is 30.9 Å². The molecule has 3 atom stereocenters. The van der Waals surface area contributed by atoms with E-state index in [9.17, 15) is 4.79 Å². The maximum absolute atomic E-state index is 12.7. The van der Waals surface area contributed by atoms with Crippen molar-refractivity contribution in [3.63, 3.8) is 0 Å². The van der Waals surface area contributed by atoms with Gasteiger partial charge < -0.3 is 9.64 Å². The minimum absolute atomic E-state index is 0.197. The number of nitrogens with one attached hydrogen (secondary N) is 2. The highest BCUT2D eigenvalue weighted by Crippen LogP contribution is 2.31. The summed E-state index contributed by atoms with van der Waals surface area (Å²) in [4.78, 5) is 14.7. The predicted octanol–water partition coefficient (Wildman–Crippen LogP) is 2.95. The van der Waals surface area contributed by atoms with Crippen LogP contribution in [0.3, 0.4) is 0 Å². The Labute approximate surface area is 167 Å². The zero-order valence-electron chi connectivity index (χ0n) is 16.2. The number of hydrogen-bond acceptors (Lipinski definition) is 4. The summed E-state index contributed by atoms with van der Waals surface area (Å²) in [5.41, 5.74) is 8.19. The van der Waals surface area contributed by atoms with E-state index in [4.69, 9.17) is 4.74 Å². The molecule has 0 saturated carbocycles. The maximum Gasteiger partial charge on any atom is 0.226 e. The number of piperidine rings is 1. The van der Waals surface area contributed by atoms with Gasteiger partial charge >= 0.3 is 0 Å². The van der Waals surface area contributed by atoms with E-state index in [2.05, 4.69) is 41.2 Å². The molecular weight excluding hydrogens is 350 g/mol. The molecule has 5 nitrogen and oxygen atoms in total. The number of likely N-dealkylation sites (tertiary alicyclic amines) is 1. The number of hydrogen-bond donors (Lipinski definition) is 2. The van der Waals surface area contributed by atoms with E-state index in [0.717, 1.165) is 38.2 Å². The lowest BCUT2D eigenvalue weighted by molar-refractivity contribution is -0.133. The van der Waals surface area contributed by atoms with Crippen LogP contribution in [0.1, 0.15) is 30.7 Å². The lowest BCUT2D eigenvalue weighted by Gasteiger charge is -2.37. The van der Waals surface area contributed by atoms with Gasteiger partial charge in [-0.2, -0.15) is 0 Å². The summed E-state index contributed by atoms with van der Waals surface area (Å²) in [7, 11) is 0. The molecule has 0 spiro atoms. The molecule has 2 aromatic carbocycles. The molecule has 2 aliphatic heterocycles. The smallest absolute Gasteiger partial charge is 0.226 e. The van der Waals surface area contributed by atoms with Gasteiger partial charge in [0.2, 0.25) is 5.91 Å². The standard InChI is InChI=1S/C23H29N3O2/c27-22(13-15-28-20-11-5-2-6-12-20)26-14-7-10-19(17-26)23-21(16-24-25-23)18-8-3-1-4-9-18/h1-6,8-9,11-12,19,21,23-25H,7,10,13-17H2. The van der Waals surface area contributed by atoms with Crippen molar-refractivity contribution in [2.24, 2.45) is 5.92 Å². The number of carbonyl (C=O) groups is 1. The highest BCUT2D eigenvalue weighted by molar-refractivity contribution is 5.76. The molecule has 2 saturated heterocycles. The number of carbonyl (C=O) groups excluding carboxylic acids is 1. The van der Waals surface area contributed by atoms with Crippen molar-refractivity contribution in [2.45, 2.75) is 31.2 Å². The summed E-state index contributed by atoms with van der Waals surface area (Å²) in [6, 6.07) is 20.7. The normalized spacial score (nSPS) is 24.9. The van der Waals surface area contributed by atoms with Gasteiger partial charge in [-0.15, -0.1) is 0 Å². The molecule has 1 amide bonds. The zero-order chi connectivity index (χ0) is 19.2. The lowest BCUT2D eigenvalue weighted by atomic mass is 9.81. The van der Waals surface area contributed by atoms with Crippen LogP contribution in [0.5, 0.6) is 5.75 Å². The Morgan fingerprint density at radius 1 is 1.07 bits per heavy atom. The number of amides is 1. The third-order valence-corrected chi connectivity index (χ3v) is 5.90. The van der Waals surface area contributed by atoms with Gasteiger partial charge in [-0.05, 0) is 36.5 Å². The molecule has 5 heteroatoms. The van der Waals surface area contributed by atoms with Crippen LogP contribution in [0.25, 0.3) is 0 Å². The molecule has 28 heavy (non-hydrogen) atoms. The van der Waals surface area contributed by atoms with Gasteiger partial charge in [0.25, 0.3) is 0 Å². The van der Waals surface area contributed by atoms with Gasteiger partial charge in [0.1, 0.15) is 5.75 Å². The Kier molecular flexibility index (Phi) is 6.24. The summed E-state index contributed by atoms with van der Waals surface area (Å²) < 4.78 is 5.70. The first-order valence-electron chi connectivity index (χ1n) is 10.3. The van der Waals surface area contributed by atoms with Crippen LogP contribution in [-0.4, -0.2) is 43.1 Å². The number of ether oxygens (including phenoxy) is 1. The summed E-state index contributed by atoms with van der Waals surface area (Å²) in [5.74, 6) is 1.93. The van der Waals surface area contributed by atoms with E-state index >= 15 is 0 Å². The van der Waals surface area contributed by atoms with Crippen LogP contribution in [0.15, 0.2) is 60.7 Å². The second-order valence-electron chi connectivity index (χ2n) is 7.72. The third kappa shape index (κ3) is 4.54. The quantitative estimate of drug-likeness (QED) is 0.810. The summed E-state index contributed by atoms with van der Waals surface area (Å²) in [6.45, 7) is 3.05. The molecule has 2 aliphatic rings. The third-order valence-electron chi connectivity index (χ3n) is 5.90. The molecule has 148 valence electrons. The Bertz CT molecular complexity index is 753. The van der Waals surface area contributed by atoms with E-state index in [1.807, 2.05) is 35.2 Å². The van der Waals surface area contributed by atoms with Gasteiger partial charge in [-0.25, -0.2) is 0 Å². The van der Waals surface area contributed by atoms with Crippen molar-refractivity contribution in [1.29, 1.82) is 0 Å². The van der Waals surface area contributed by atoms with Crippen LogP contribution in [0.4, 0.5) is 0 Å². The fourth-order valence-electron chi connectivity index (χ4n) is 4.45. The Hall–Kier alpha value is -2.37. The number of hydrazine groups is 1. The summed E-state index contributed by atoms with van der Waals surface area (Å²) >= 11 is 0. The fourth-order valence-corrected chi connectivity index (χ4v) is 4.45. The van der Waals surface area contributed by atoms with E-state index in [1.54, 1.807) is 0 Å². The second kappa shape index (κ2) is 9.22. The largest absolute Gasteiger partial charge is 0.493 e. The topological polar surface area (TPSA) is 53.6 Å². The van der Waals surface area contributed by atoms with Crippen LogP contribution in [0.2, 0.25) is 0 Å². The van der Waals surface area contributed by atoms with Crippen molar-refractivity contribution in [3.05, 3.63) is 66.2 Å². The van der Waals surface area contributed by atoms with Gasteiger partial charge in [-0.1, -0.05) is 48.5 Å². The number of para-hydroxylation sites is 1. The molecule has 0 aliphatic carbocycles. The van der Waals surface area contributed by atoms with Crippen LogP contribution in [0, 0.1) is 5.92 Å². The molecule has 4 rings (SSSR count). The Morgan fingerprint density at radius 2 is 1.82 bits per heavy atom. The minimum atomic E-state index is 0.197. The molecule has 2 heterocycles. The maximum atomic E-state index is 12.7. The zero-order valence-corrected chi connectivity index (χ0v) is 16.2. The van der Waals surface area contributed by atoms with Crippen LogP contribution < -0.4 is 15.6 Å². The lowest BCUT2D eigenvalue weighted by Crippen LogP contribution is -2.48. The molecule has 2 N–H and O–H groups in total. The summed E-state index contributed by atoms with van der Waals surface area (Å²) in [5, 5.41) is 0. The minimum Gasteiger partial charge on any atom is -0.493 e. The second-order valence-corrected chi connectivity index (χ2v) is 7.72. The molecule has 3 unspecified atom stereocenters. The first kappa shape index (κ1) is 19.0. The van der Waals surface area contributed by atoms with Crippen molar-refractivity contribution in [3.8, 4) is 5.75 Å². The van der Waals surface area contributed by atoms with E-state index in [-0.39, 0.29) is 5.91 Å². The number of nitrogens with zero attached hydrogens (tertiary/aromatic N) is 1. The molecular formula is C23H29N3O2. The number of rotatable bonds is 6. The molecule has 0 bridgehead atoms. The fraction of sp³-hybridized carbons (Fsp3) is 0.435. The van der Waals surface area contributed by atoms with Crippen LogP contribution in [-0.2, 0) is 4.79 Å². The van der Waals surface area contributed by atoms with E-state index in [1.165, 1.54) is 5.56 Å². The van der Waals surface area contributed by atoms with Gasteiger partial charge in [0, 0.05) is 31.6 Å². The monoisotopic (exact) mass is 379 g/mol. The van der Waals surface area contributed by atoms with Gasteiger partial charge in [0.15, 0.2) is 0 Å². The summed E-state index contributed by atoms with van der Waals surface area (Å²) in [6.07, 6.45) is 2.66. The molecule has 0 aromatic heterocycles. The average molecular weight is 380 g/mol. The molecule has 0 radical (unpaired) electrons. The first-order chi connectivity index (χ1) is 13.8. The van der Waals surface area contributed by atoms with Crippen molar-refractivity contribution < 1.29 is 9.53 Å². The first-order valence-corrected chi connectivity index (χ1v) is 10.3. The van der Waals surface area contributed by atoms with Crippen molar-refractivity contribution in [2.75, 3.05) is 26.2 Å². The van der Waals surface area contributed by atoms with Gasteiger partial charge in [0.05, 0.1) is 13.0 Å². The molecule has 2 aromatic rings. The Balaban J connectivity index is 1.31.